The van der Waals surface area contributed by atoms with Crippen LogP contribution in [0.4, 0.5) is 0 Å². The second-order valence-corrected chi connectivity index (χ2v) is 3.99. The summed E-state index contributed by atoms with van der Waals surface area (Å²) in [6.45, 7) is 5.10. The van der Waals surface area contributed by atoms with E-state index in [1.807, 2.05) is 6.92 Å². The van der Waals surface area contributed by atoms with E-state index >= 15 is 0 Å². The van der Waals surface area contributed by atoms with Gasteiger partial charge in [-0.15, -0.1) is 0 Å². The number of nitrogens with zero attached hydrogens (tertiary/aromatic N) is 1. The van der Waals surface area contributed by atoms with E-state index in [0.29, 0.717) is 0 Å². The first kappa shape index (κ1) is 11.0. The second-order valence-electron chi connectivity index (χ2n) is 3.99. The van der Waals surface area contributed by atoms with Crippen LogP contribution in [-0.4, -0.2) is 44.8 Å². The van der Waals surface area contributed by atoms with E-state index in [-0.39, 0.29) is 6.41 Å². The fourth-order valence-corrected chi connectivity index (χ4v) is 2.09. The smallest absolute Gasteiger partial charge is 0.308 e. The average molecular weight is 188 g/mol. The lowest BCUT2D eigenvalue weighted by Gasteiger charge is -2.41. The van der Waals surface area contributed by atoms with Crippen LogP contribution in [0.5, 0.6) is 0 Å². The number of hydrogen-bond donors (Lipinski definition) is 0. The Morgan fingerprint density at radius 3 is 2.31 bits per heavy atom. The number of ether oxygens (including phenoxy) is 2. The highest BCUT2D eigenvalue weighted by molar-refractivity contribution is 4.51. The van der Waals surface area contributed by atoms with Crippen molar-refractivity contribution in [1.82, 2.24) is 0 Å². The first-order chi connectivity index (χ1) is 6.23. The van der Waals surface area contributed by atoms with E-state index in [1.54, 1.807) is 7.11 Å². The molecule has 0 saturated carbocycles. The van der Waals surface area contributed by atoms with Gasteiger partial charge in [0.2, 0.25) is 0 Å². The Morgan fingerprint density at radius 2 is 1.85 bits per heavy atom. The molecule has 1 atom stereocenters. The number of likely N-dealkylation sites (tertiary alicyclic amines) is 1. The predicted octanol–water partition coefficient (Wildman–Crippen LogP) is 1.58. The molecule has 1 rings (SSSR count). The van der Waals surface area contributed by atoms with Crippen LogP contribution in [0.15, 0.2) is 0 Å². The van der Waals surface area contributed by atoms with E-state index < -0.39 is 0 Å². The third-order valence-corrected chi connectivity index (χ3v) is 2.86. The molecule has 0 aromatic carbocycles. The molecular weight excluding hydrogens is 166 g/mol. The van der Waals surface area contributed by atoms with Gasteiger partial charge in [0.15, 0.2) is 0 Å². The molecule has 13 heavy (non-hydrogen) atoms. The fraction of sp³-hybridized carbons (Fsp3) is 1.00. The molecule has 1 aliphatic rings. The van der Waals surface area contributed by atoms with Crippen LogP contribution in [0.2, 0.25) is 0 Å². The molecule has 0 aromatic heterocycles. The highest BCUT2D eigenvalue weighted by atomic mass is 16.7. The van der Waals surface area contributed by atoms with Crippen molar-refractivity contribution < 1.29 is 14.0 Å². The van der Waals surface area contributed by atoms with Crippen molar-refractivity contribution in [2.75, 3.05) is 33.9 Å². The Balaban J connectivity index is 2.52. The molecule has 1 unspecified atom stereocenters. The minimum atomic E-state index is -0.0645. The molecule has 1 fully saturated rings. The molecule has 1 heterocycles. The van der Waals surface area contributed by atoms with Gasteiger partial charge >= 0.3 is 6.41 Å². The highest BCUT2D eigenvalue weighted by Gasteiger charge is 2.34. The molecule has 1 aliphatic heterocycles. The highest BCUT2D eigenvalue weighted by Crippen LogP contribution is 2.21. The van der Waals surface area contributed by atoms with Crippen LogP contribution in [0.3, 0.4) is 0 Å². The molecular formula is C10H22NO2+. The summed E-state index contributed by atoms with van der Waals surface area (Å²) < 4.78 is 11.9. The van der Waals surface area contributed by atoms with Crippen LogP contribution < -0.4 is 0 Å². The van der Waals surface area contributed by atoms with Gasteiger partial charge in [-0.3, -0.25) is 4.48 Å². The summed E-state index contributed by atoms with van der Waals surface area (Å²) in [5.41, 5.74) is 0. The molecule has 0 aromatic rings. The molecule has 3 heteroatoms. The summed E-state index contributed by atoms with van der Waals surface area (Å²) in [6.07, 6.45) is 3.88. The van der Waals surface area contributed by atoms with Crippen LogP contribution >= 0.6 is 0 Å². The van der Waals surface area contributed by atoms with Gasteiger partial charge in [0.05, 0.1) is 26.7 Å². The number of rotatable bonds is 4. The summed E-state index contributed by atoms with van der Waals surface area (Å²) in [7, 11) is 3.96. The van der Waals surface area contributed by atoms with E-state index in [4.69, 9.17) is 9.47 Å². The SMILES string of the molecule is CCOC(OC)[N+]1(C)CCCCC1. The Morgan fingerprint density at radius 1 is 1.23 bits per heavy atom. The topological polar surface area (TPSA) is 18.5 Å². The van der Waals surface area contributed by atoms with Crippen molar-refractivity contribution in [3.63, 3.8) is 0 Å². The molecule has 3 nitrogen and oxygen atoms in total. The van der Waals surface area contributed by atoms with Crippen molar-refractivity contribution in [2.24, 2.45) is 0 Å². The zero-order valence-electron chi connectivity index (χ0n) is 9.08. The maximum absolute atomic E-state index is 5.58. The third kappa shape index (κ3) is 2.66. The molecule has 0 spiro atoms. The van der Waals surface area contributed by atoms with Gasteiger partial charge in [-0.2, -0.15) is 0 Å². The standard InChI is InChI=1S/C10H22NO2/c1-4-13-10(12-3)11(2)8-6-5-7-9-11/h10H,4-9H2,1-3H3/q+1. The molecule has 0 amide bonds. The van der Waals surface area contributed by atoms with E-state index in [0.717, 1.165) is 11.1 Å². The van der Waals surface area contributed by atoms with Gasteiger partial charge < -0.3 is 9.47 Å². The van der Waals surface area contributed by atoms with Crippen molar-refractivity contribution in [2.45, 2.75) is 32.6 Å². The van der Waals surface area contributed by atoms with Crippen molar-refractivity contribution in [3.05, 3.63) is 0 Å². The van der Waals surface area contributed by atoms with Gasteiger partial charge in [0, 0.05) is 7.11 Å². The summed E-state index contributed by atoms with van der Waals surface area (Å²) >= 11 is 0. The van der Waals surface area contributed by atoms with E-state index in [1.165, 1.54) is 32.4 Å². The lowest BCUT2D eigenvalue weighted by atomic mass is 10.1. The number of hydrogen-bond acceptors (Lipinski definition) is 2. The minimum absolute atomic E-state index is 0.0645. The van der Waals surface area contributed by atoms with Crippen LogP contribution in [0, 0.1) is 0 Å². The Labute approximate surface area is 81.2 Å². The van der Waals surface area contributed by atoms with E-state index in [2.05, 4.69) is 7.05 Å². The second kappa shape index (κ2) is 4.94. The Kier molecular flexibility index (Phi) is 4.16. The molecule has 0 N–H and O–H groups in total. The van der Waals surface area contributed by atoms with E-state index in [9.17, 15) is 0 Å². The van der Waals surface area contributed by atoms with Gasteiger partial charge in [-0.25, -0.2) is 0 Å². The Bertz CT molecular complexity index is 144. The number of quaternary nitrogens is 1. The first-order valence-corrected chi connectivity index (χ1v) is 5.21. The zero-order chi connectivity index (χ0) is 9.73. The van der Waals surface area contributed by atoms with Crippen molar-refractivity contribution in [3.8, 4) is 0 Å². The first-order valence-electron chi connectivity index (χ1n) is 5.21. The van der Waals surface area contributed by atoms with Gasteiger partial charge in [0.1, 0.15) is 0 Å². The quantitative estimate of drug-likeness (QED) is 0.492. The zero-order valence-corrected chi connectivity index (χ0v) is 9.08. The van der Waals surface area contributed by atoms with Crippen LogP contribution in [-0.2, 0) is 9.47 Å². The molecule has 0 bridgehead atoms. The summed E-state index contributed by atoms with van der Waals surface area (Å²) in [6, 6.07) is 0. The summed E-state index contributed by atoms with van der Waals surface area (Å²) in [5, 5.41) is 0. The monoisotopic (exact) mass is 188 g/mol. The summed E-state index contributed by atoms with van der Waals surface area (Å²) in [4.78, 5) is 0. The van der Waals surface area contributed by atoms with Crippen LogP contribution in [0.25, 0.3) is 0 Å². The maximum Gasteiger partial charge on any atom is 0.308 e. The van der Waals surface area contributed by atoms with Crippen LogP contribution in [0.1, 0.15) is 26.2 Å². The lowest BCUT2D eigenvalue weighted by Crippen LogP contribution is -2.56. The minimum Gasteiger partial charge on any atom is -0.309 e. The molecule has 0 aliphatic carbocycles. The molecule has 0 radical (unpaired) electrons. The van der Waals surface area contributed by atoms with Gasteiger partial charge in [-0.05, 0) is 26.2 Å². The average Bonchev–Trinajstić information content (AvgIpc) is 2.15. The van der Waals surface area contributed by atoms with Gasteiger partial charge in [-0.1, -0.05) is 0 Å². The number of piperidine rings is 1. The summed E-state index contributed by atoms with van der Waals surface area (Å²) in [5.74, 6) is 0. The molecule has 78 valence electrons. The third-order valence-electron chi connectivity index (χ3n) is 2.86. The Hall–Kier alpha value is -0.120. The van der Waals surface area contributed by atoms with Gasteiger partial charge in [0.25, 0.3) is 0 Å². The maximum atomic E-state index is 5.58. The lowest BCUT2D eigenvalue weighted by molar-refractivity contribution is -0.981. The fourth-order valence-electron chi connectivity index (χ4n) is 2.09. The number of methoxy groups -OCH3 is 1. The van der Waals surface area contributed by atoms with Crippen molar-refractivity contribution in [1.29, 1.82) is 0 Å². The normalized spacial score (nSPS) is 24.2. The predicted molar refractivity (Wildman–Crippen MR) is 52.2 cm³/mol. The van der Waals surface area contributed by atoms with Crippen molar-refractivity contribution >= 4 is 0 Å². The largest absolute Gasteiger partial charge is 0.309 e. The molecule has 1 saturated heterocycles.